The fraction of sp³-hybridized carbons (Fsp3) is 0.400. The summed E-state index contributed by atoms with van der Waals surface area (Å²) in [5.41, 5.74) is -1.09. The van der Waals surface area contributed by atoms with Crippen LogP contribution in [0.25, 0.3) is 11.0 Å². The Bertz CT molecular complexity index is 1050. The second-order valence-electron chi connectivity index (χ2n) is 7.53. The number of hydrogen-bond donors (Lipinski definition) is 2. The predicted octanol–water partition coefficient (Wildman–Crippen LogP) is 1.01. The zero-order chi connectivity index (χ0) is 20.6. The van der Waals surface area contributed by atoms with Crippen molar-refractivity contribution in [3.63, 3.8) is 0 Å². The van der Waals surface area contributed by atoms with E-state index in [-0.39, 0.29) is 24.3 Å². The highest BCUT2D eigenvalue weighted by Crippen LogP contribution is 2.30. The standard InChI is InChI=1S/C20H21N3O6/c1-20(18(26)21-19(27)22-20)13-3-2-8-23(10-13)16(24)11-28-14-6-4-12-5-7-17(25)29-15(12)9-14/h4-7,9,13H,2-3,8,10-11H2,1H3,(H2,21,22,26,27). The van der Waals surface area contributed by atoms with Crippen molar-refractivity contribution in [3.05, 3.63) is 40.8 Å². The van der Waals surface area contributed by atoms with Crippen LogP contribution in [0.3, 0.4) is 0 Å². The number of nitrogens with one attached hydrogen (secondary N) is 2. The molecule has 9 nitrogen and oxygen atoms in total. The molecule has 2 atom stereocenters. The molecule has 1 aromatic heterocycles. The number of piperidine rings is 1. The molecule has 2 aliphatic heterocycles. The second-order valence-corrected chi connectivity index (χ2v) is 7.53. The lowest BCUT2D eigenvalue weighted by molar-refractivity contribution is -0.137. The lowest BCUT2D eigenvalue weighted by Gasteiger charge is -2.39. The number of carbonyl (C=O) groups is 3. The van der Waals surface area contributed by atoms with Crippen LogP contribution in [0, 0.1) is 5.92 Å². The van der Waals surface area contributed by atoms with E-state index in [1.54, 1.807) is 36.1 Å². The van der Waals surface area contributed by atoms with Gasteiger partial charge in [0.1, 0.15) is 16.9 Å². The summed E-state index contributed by atoms with van der Waals surface area (Å²) in [5.74, 6) is -0.335. The van der Waals surface area contributed by atoms with Gasteiger partial charge < -0.3 is 19.4 Å². The largest absolute Gasteiger partial charge is 0.484 e. The highest BCUT2D eigenvalue weighted by molar-refractivity contribution is 6.07. The average Bonchev–Trinajstić information content (AvgIpc) is 2.98. The molecule has 2 aliphatic rings. The molecular formula is C20H21N3O6. The molecule has 2 N–H and O–H groups in total. The first kappa shape index (κ1) is 19.0. The van der Waals surface area contributed by atoms with Crippen molar-refractivity contribution < 1.29 is 23.5 Å². The molecule has 4 rings (SSSR count). The van der Waals surface area contributed by atoms with Gasteiger partial charge in [-0.15, -0.1) is 0 Å². The van der Waals surface area contributed by atoms with Gasteiger partial charge in [0.25, 0.3) is 11.8 Å². The van der Waals surface area contributed by atoms with Crippen LogP contribution in [0.15, 0.2) is 39.5 Å². The van der Waals surface area contributed by atoms with Crippen LogP contribution in [0.4, 0.5) is 4.79 Å². The van der Waals surface area contributed by atoms with Gasteiger partial charge in [0.15, 0.2) is 6.61 Å². The van der Waals surface area contributed by atoms with E-state index in [0.29, 0.717) is 24.4 Å². The normalized spacial score (nSPS) is 24.3. The number of nitrogens with zero attached hydrogens (tertiary/aromatic N) is 1. The third kappa shape index (κ3) is 3.67. The quantitative estimate of drug-likeness (QED) is 0.585. The van der Waals surface area contributed by atoms with Crippen molar-refractivity contribution in [2.75, 3.05) is 19.7 Å². The number of rotatable bonds is 4. The molecule has 29 heavy (non-hydrogen) atoms. The first-order valence-corrected chi connectivity index (χ1v) is 9.43. The maximum Gasteiger partial charge on any atom is 0.336 e. The Morgan fingerprint density at radius 3 is 2.83 bits per heavy atom. The summed E-state index contributed by atoms with van der Waals surface area (Å²) in [5, 5.41) is 5.71. The molecule has 3 heterocycles. The van der Waals surface area contributed by atoms with Crippen LogP contribution in [0.2, 0.25) is 0 Å². The molecule has 0 saturated carbocycles. The summed E-state index contributed by atoms with van der Waals surface area (Å²) >= 11 is 0. The Kier molecular flexibility index (Phi) is 4.73. The van der Waals surface area contributed by atoms with Crippen molar-refractivity contribution in [2.24, 2.45) is 5.92 Å². The van der Waals surface area contributed by atoms with Crippen molar-refractivity contribution in [1.29, 1.82) is 0 Å². The van der Waals surface area contributed by atoms with Crippen molar-refractivity contribution in [3.8, 4) is 5.75 Å². The molecule has 4 amide bonds. The minimum absolute atomic E-state index is 0.176. The molecule has 2 unspecified atom stereocenters. The van der Waals surface area contributed by atoms with Crippen LogP contribution in [0.5, 0.6) is 5.75 Å². The first-order valence-electron chi connectivity index (χ1n) is 9.43. The molecule has 2 aromatic rings. The number of ether oxygens (including phenoxy) is 1. The number of urea groups is 1. The van der Waals surface area contributed by atoms with E-state index in [2.05, 4.69) is 10.6 Å². The molecule has 2 saturated heterocycles. The van der Waals surface area contributed by atoms with Crippen LogP contribution >= 0.6 is 0 Å². The molecule has 152 valence electrons. The van der Waals surface area contributed by atoms with Gasteiger partial charge >= 0.3 is 11.7 Å². The number of carbonyl (C=O) groups excluding carboxylic acids is 3. The number of benzene rings is 1. The van der Waals surface area contributed by atoms with Gasteiger partial charge in [0, 0.05) is 36.5 Å². The van der Waals surface area contributed by atoms with E-state index < -0.39 is 17.2 Å². The van der Waals surface area contributed by atoms with Gasteiger partial charge in [0.05, 0.1) is 0 Å². The Hall–Kier alpha value is -3.36. The number of fused-ring (bicyclic) bond motifs is 1. The van der Waals surface area contributed by atoms with E-state index in [9.17, 15) is 19.2 Å². The number of imide groups is 1. The molecule has 0 aliphatic carbocycles. The Morgan fingerprint density at radius 2 is 2.07 bits per heavy atom. The van der Waals surface area contributed by atoms with Crippen LogP contribution in [-0.4, -0.2) is 48.0 Å². The number of amides is 4. The van der Waals surface area contributed by atoms with Gasteiger partial charge in [-0.05, 0) is 38.0 Å². The fourth-order valence-electron chi connectivity index (χ4n) is 3.89. The Labute approximate surface area is 166 Å². The average molecular weight is 399 g/mol. The summed E-state index contributed by atoms with van der Waals surface area (Å²) in [4.78, 5) is 49.3. The van der Waals surface area contributed by atoms with E-state index in [1.807, 2.05) is 0 Å². The Morgan fingerprint density at radius 1 is 1.28 bits per heavy atom. The van der Waals surface area contributed by atoms with Crippen molar-refractivity contribution in [1.82, 2.24) is 15.5 Å². The maximum absolute atomic E-state index is 12.6. The highest BCUT2D eigenvalue weighted by atomic mass is 16.5. The van der Waals surface area contributed by atoms with E-state index in [4.69, 9.17) is 9.15 Å². The monoisotopic (exact) mass is 399 g/mol. The van der Waals surface area contributed by atoms with Crippen molar-refractivity contribution in [2.45, 2.75) is 25.3 Å². The van der Waals surface area contributed by atoms with E-state index >= 15 is 0 Å². The minimum atomic E-state index is -1.02. The van der Waals surface area contributed by atoms with Gasteiger partial charge in [-0.1, -0.05) is 0 Å². The van der Waals surface area contributed by atoms with Crippen LogP contribution < -0.4 is 21.0 Å². The molecule has 0 spiro atoms. The third-order valence-corrected chi connectivity index (χ3v) is 5.62. The van der Waals surface area contributed by atoms with Crippen LogP contribution in [0.1, 0.15) is 19.8 Å². The second kappa shape index (κ2) is 7.23. The number of hydrogen-bond acceptors (Lipinski definition) is 6. The predicted molar refractivity (Wildman–Crippen MR) is 102 cm³/mol. The van der Waals surface area contributed by atoms with Crippen molar-refractivity contribution >= 4 is 28.8 Å². The lowest BCUT2D eigenvalue weighted by Crippen LogP contribution is -2.56. The molecule has 0 bridgehead atoms. The molecule has 0 radical (unpaired) electrons. The fourth-order valence-corrected chi connectivity index (χ4v) is 3.89. The molecule has 1 aromatic carbocycles. The number of likely N-dealkylation sites (tertiary alicyclic amines) is 1. The molecule has 9 heteroatoms. The van der Waals surface area contributed by atoms with Crippen LogP contribution in [-0.2, 0) is 9.59 Å². The van der Waals surface area contributed by atoms with Gasteiger partial charge in [-0.2, -0.15) is 0 Å². The molecule has 2 fully saturated rings. The van der Waals surface area contributed by atoms with E-state index in [1.165, 1.54) is 6.07 Å². The summed E-state index contributed by atoms with van der Waals surface area (Å²) < 4.78 is 10.7. The topological polar surface area (TPSA) is 118 Å². The summed E-state index contributed by atoms with van der Waals surface area (Å²) in [6.07, 6.45) is 1.47. The van der Waals surface area contributed by atoms with Gasteiger partial charge in [0.2, 0.25) is 0 Å². The third-order valence-electron chi connectivity index (χ3n) is 5.62. The highest BCUT2D eigenvalue weighted by Gasteiger charge is 2.49. The van der Waals surface area contributed by atoms with E-state index in [0.717, 1.165) is 18.2 Å². The molecular weight excluding hydrogens is 378 g/mol. The summed E-state index contributed by atoms with van der Waals surface area (Å²) in [7, 11) is 0. The first-order chi connectivity index (χ1) is 13.8. The summed E-state index contributed by atoms with van der Waals surface area (Å²) in [6.45, 7) is 2.44. The maximum atomic E-state index is 12.6. The lowest BCUT2D eigenvalue weighted by atomic mass is 9.80. The van der Waals surface area contributed by atoms with Gasteiger partial charge in [-0.25, -0.2) is 9.59 Å². The zero-order valence-corrected chi connectivity index (χ0v) is 15.9. The minimum Gasteiger partial charge on any atom is -0.484 e. The zero-order valence-electron chi connectivity index (χ0n) is 15.9. The smallest absolute Gasteiger partial charge is 0.336 e. The Balaban J connectivity index is 1.40. The summed E-state index contributed by atoms with van der Waals surface area (Å²) in [6, 6.07) is 7.51. The SMILES string of the molecule is CC1(C2CCCN(C(=O)COc3ccc4ccc(=O)oc4c3)C2)NC(=O)NC1=O. The van der Waals surface area contributed by atoms with Gasteiger partial charge in [-0.3, -0.25) is 14.9 Å².